The number of fused-ring (bicyclic) bond motifs is 3. The number of rotatable bonds is 4. The van der Waals surface area contributed by atoms with Gasteiger partial charge in [0.25, 0.3) is 0 Å². The molecule has 1 unspecified atom stereocenters. The Bertz CT molecular complexity index is 776. The Morgan fingerprint density at radius 1 is 1.43 bits per heavy atom. The van der Waals surface area contributed by atoms with Crippen molar-refractivity contribution in [1.82, 2.24) is 9.62 Å². The van der Waals surface area contributed by atoms with Crippen LogP contribution in [0, 0.1) is 35.5 Å². The van der Waals surface area contributed by atoms with Crippen molar-refractivity contribution in [2.75, 3.05) is 19.6 Å². The first-order valence-corrected chi connectivity index (χ1v) is 9.22. The molecule has 4 rings (SSSR count). The molecule has 1 N–H and O–H groups in total. The average Bonchev–Trinajstić information content (AvgIpc) is 2.60. The van der Waals surface area contributed by atoms with Gasteiger partial charge in [0.05, 0.1) is 16.5 Å². The van der Waals surface area contributed by atoms with Crippen molar-refractivity contribution >= 4 is 10.0 Å². The number of hydrogen-bond donors (Lipinski definition) is 1. The molecule has 0 radical (unpaired) electrons. The molecular formula is C17H19N3O2S. The summed E-state index contributed by atoms with van der Waals surface area (Å²) in [5, 5.41) is 8.89. The molecule has 0 saturated carbocycles. The molecule has 6 heteroatoms. The van der Waals surface area contributed by atoms with Gasteiger partial charge in [-0.2, -0.15) is 5.26 Å². The number of sulfonamides is 1. The zero-order valence-electron chi connectivity index (χ0n) is 12.8. The lowest BCUT2D eigenvalue weighted by atomic mass is 9.76. The fraction of sp³-hybridized carbons (Fsp3) is 0.471. The van der Waals surface area contributed by atoms with Gasteiger partial charge in [-0.1, -0.05) is 6.07 Å². The van der Waals surface area contributed by atoms with Gasteiger partial charge in [0.2, 0.25) is 10.0 Å². The fourth-order valence-corrected chi connectivity index (χ4v) is 4.68. The molecule has 0 amide bonds. The average molecular weight is 329 g/mol. The Morgan fingerprint density at radius 2 is 2.26 bits per heavy atom. The minimum Gasteiger partial charge on any atom is -0.298 e. The van der Waals surface area contributed by atoms with Crippen molar-refractivity contribution in [2.45, 2.75) is 23.8 Å². The quantitative estimate of drug-likeness (QED) is 0.842. The van der Waals surface area contributed by atoms with Gasteiger partial charge < -0.3 is 0 Å². The summed E-state index contributed by atoms with van der Waals surface area (Å²) in [4.78, 5) is 2.42. The number of nitrogens with one attached hydrogen (secondary N) is 1. The van der Waals surface area contributed by atoms with E-state index in [9.17, 15) is 8.42 Å². The Morgan fingerprint density at radius 3 is 2.91 bits per heavy atom. The van der Waals surface area contributed by atoms with Crippen molar-refractivity contribution in [2.24, 2.45) is 11.8 Å². The highest BCUT2D eigenvalue weighted by Crippen LogP contribution is 2.35. The van der Waals surface area contributed by atoms with Gasteiger partial charge in [-0.15, -0.1) is 12.3 Å². The van der Waals surface area contributed by atoms with E-state index >= 15 is 0 Å². The highest BCUT2D eigenvalue weighted by molar-refractivity contribution is 7.89. The predicted octanol–water partition coefficient (Wildman–Crippen LogP) is 1.18. The second kappa shape index (κ2) is 6.33. The van der Waals surface area contributed by atoms with E-state index < -0.39 is 10.0 Å². The van der Waals surface area contributed by atoms with Gasteiger partial charge in [0.1, 0.15) is 0 Å². The van der Waals surface area contributed by atoms with Crippen LogP contribution in [0.25, 0.3) is 0 Å². The summed E-state index contributed by atoms with van der Waals surface area (Å²) < 4.78 is 27.5. The first-order chi connectivity index (χ1) is 11.0. The largest absolute Gasteiger partial charge is 0.298 e. The topological polar surface area (TPSA) is 73.2 Å². The molecule has 3 saturated heterocycles. The van der Waals surface area contributed by atoms with Gasteiger partial charge in [-0.05, 0) is 43.5 Å². The van der Waals surface area contributed by atoms with Crippen LogP contribution in [0.3, 0.4) is 0 Å². The Labute approximate surface area is 137 Å². The number of benzene rings is 1. The van der Waals surface area contributed by atoms with E-state index in [1.54, 1.807) is 12.1 Å². The molecular weight excluding hydrogens is 310 g/mol. The Balaban J connectivity index is 1.67. The second-order valence-electron chi connectivity index (χ2n) is 6.20. The van der Waals surface area contributed by atoms with Crippen LogP contribution in [0.4, 0.5) is 0 Å². The van der Waals surface area contributed by atoms with Gasteiger partial charge in [-0.25, -0.2) is 13.1 Å². The van der Waals surface area contributed by atoms with E-state index in [0.29, 0.717) is 23.9 Å². The maximum absolute atomic E-state index is 12.4. The maximum Gasteiger partial charge on any atom is 0.240 e. The van der Waals surface area contributed by atoms with E-state index in [0.717, 1.165) is 25.9 Å². The Kier molecular flexibility index (Phi) is 4.41. The first-order valence-electron chi connectivity index (χ1n) is 7.73. The second-order valence-corrected chi connectivity index (χ2v) is 7.96. The lowest BCUT2D eigenvalue weighted by Crippen LogP contribution is -2.56. The minimum absolute atomic E-state index is 0.133. The monoisotopic (exact) mass is 329 g/mol. The molecule has 1 aromatic carbocycles. The first kappa shape index (κ1) is 16.0. The highest BCUT2D eigenvalue weighted by atomic mass is 32.2. The molecule has 0 spiro atoms. The molecule has 120 valence electrons. The Hall–Kier alpha value is -1.86. The molecule has 23 heavy (non-hydrogen) atoms. The number of hydrogen-bond acceptors (Lipinski definition) is 4. The minimum atomic E-state index is -3.60. The van der Waals surface area contributed by atoms with Crippen LogP contribution in [0.2, 0.25) is 0 Å². The molecule has 3 heterocycles. The lowest BCUT2D eigenvalue weighted by molar-refractivity contribution is 0.0251. The lowest BCUT2D eigenvalue weighted by Gasteiger charge is -2.48. The zero-order chi connectivity index (χ0) is 16.4. The van der Waals surface area contributed by atoms with Gasteiger partial charge in [0.15, 0.2) is 0 Å². The van der Waals surface area contributed by atoms with Gasteiger partial charge >= 0.3 is 0 Å². The summed E-state index contributed by atoms with van der Waals surface area (Å²) in [6, 6.07) is 8.23. The number of nitriles is 1. The third-order valence-electron chi connectivity index (χ3n) is 4.88. The van der Waals surface area contributed by atoms with Gasteiger partial charge in [0, 0.05) is 25.0 Å². The smallest absolute Gasteiger partial charge is 0.240 e. The van der Waals surface area contributed by atoms with Crippen molar-refractivity contribution in [3.8, 4) is 18.4 Å². The van der Waals surface area contributed by atoms with Crippen LogP contribution in [-0.2, 0) is 10.0 Å². The molecule has 2 bridgehead atoms. The number of terminal acetylenes is 1. The standard InChI is InChI=1S/C17H19N3O2S/c1-2-14-12-20-7-6-15(14)9-16(20)11-19-23(21,22)17-5-3-4-13(8-17)10-18/h1,3-5,8,14-16,19H,6-7,9,11-12H2/t14-,15+,16-/m1/s1. The van der Waals surface area contributed by atoms with Crippen LogP contribution in [0.1, 0.15) is 18.4 Å². The summed E-state index contributed by atoms with van der Waals surface area (Å²) in [5.41, 5.74) is 0.338. The molecule has 3 aliphatic heterocycles. The number of piperidine rings is 3. The van der Waals surface area contributed by atoms with E-state index in [-0.39, 0.29) is 10.9 Å². The molecule has 3 aliphatic rings. The molecule has 3 fully saturated rings. The van der Waals surface area contributed by atoms with Crippen molar-refractivity contribution < 1.29 is 8.42 Å². The zero-order valence-corrected chi connectivity index (χ0v) is 13.6. The summed E-state index contributed by atoms with van der Waals surface area (Å²) >= 11 is 0. The normalized spacial score (nSPS) is 29.7. The van der Waals surface area contributed by atoms with E-state index in [4.69, 9.17) is 11.7 Å². The molecule has 5 nitrogen and oxygen atoms in total. The van der Waals surface area contributed by atoms with Crippen LogP contribution < -0.4 is 4.72 Å². The predicted molar refractivity (Wildman–Crippen MR) is 86.8 cm³/mol. The molecule has 0 aromatic heterocycles. The molecule has 1 aromatic rings. The maximum atomic E-state index is 12.4. The van der Waals surface area contributed by atoms with Crippen LogP contribution >= 0.6 is 0 Å². The number of nitrogens with zero attached hydrogens (tertiary/aromatic N) is 2. The van der Waals surface area contributed by atoms with Crippen LogP contribution in [-0.4, -0.2) is 39.0 Å². The summed E-state index contributed by atoms with van der Waals surface area (Å²) in [6.07, 6.45) is 7.61. The third-order valence-corrected chi connectivity index (χ3v) is 6.30. The molecule has 0 aliphatic carbocycles. The fourth-order valence-electron chi connectivity index (χ4n) is 3.56. The highest BCUT2D eigenvalue weighted by Gasteiger charge is 2.39. The van der Waals surface area contributed by atoms with E-state index in [1.807, 2.05) is 6.07 Å². The van der Waals surface area contributed by atoms with Gasteiger partial charge in [-0.3, -0.25) is 4.90 Å². The van der Waals surface area contributed by atoms with Crippen molar-refractivity contribution in [3.63, 3.8) is 0 Å². The summed E-state index contributed by atoms with van der Waals surface area (Å²) in [7, 11) is -3.60. The van der Waals surface area contributed by atoms with Crippen LogP contribution in [0.5, 0.6) is 0 Å². The third kappa shape index (κ3) is 3.25. The van der Waals surface area contributed by atoms with E-state index in [1.165, 1.54) is 12.1 Å². The van der Waals surface area contributed by atoms with Crippen LogP contribution in [0.15, 0.2) is 29.2 Å². The SMILES string of the molecule is C#C[C@@H]1CN2CC[C@H]1C[C@@H]2CNS(=O)(=O)c1cccc(C#N)c1. The van der Waals surface area contributed by atoms with Crippen molar-refractivity contribution in [3.05, 3.63) is 29.8 Å². The summed E-state index contributed by atoms with van der Waals surface area (Å²) in [6.45, 7) is 2.23. The van der Waals surface area contributed by atoms with Crippen molar-refractivity contribution in [1.29, 1.82) is 5.26 Å². The summed E-state index contributed by atoms with van der Waals surface area (Å²) in [5.74, 6) is 3.65. The van der Waals surface area contributed by atoms with E-state index in [2.05, 4.69) is 15.5 Å². The molecule has 4 atom stereocenters.